The van der Waals surface area contributed by atoms with Crippen LogP contribution >= 0.6 is 23.2 Å². The highest BCUT2D eigenvalue weighted by Crippen LogP contribution is 2.25. The molecule has 1 aromatic carbocycles. The Hall–Kier alpha value is -0.280. The van der Waals surface area contributed by atoms with Gasteiger partial charge in [-0.15, -0.1) is 0 Å². The van der Waals surface area contributed by atoms with Gasteiger partial charge in [-0.25, -0.2) is 0 Å². The monoisotopic (exact) mass is 275 g/mol. The molecule has 17 heavy (non-hydrogen) atoms. The second kappa shape index (κ2) is 7.93. The first kappa shape index (κ1) is 14.8. The predicted octanol–water partition coefficient (Wildman–Crippen LogP) is 3.90. The third-order valence-electron chi connectivity index (χ3n) is 2.31. The molecule has 1 aromatic rings. The molecule has 0 amide bonds. The van der Waals surface area contributed by atoms with Gasteiger partial charge in [-0.3, -0.25) is 0 Å². The summed E-state index contributed by atoms with van der Waals surface area (Å²) in [5, 5.41) is 4.51. The van der Waals surface area contributed by atoms with E-state index in [1.54, 1.807) is 6.07 Å². The summed E-state index contributed by atoms with van der Waals surface area (Å²) in [7, 11) is 0. The largest absolute Gasteiger partial charge is 0.377 e. The lowest BCUT2D eigenvalue weighted by Crippen LogP contribution is -2.24. The summed E-state index contributed by atoms with van der Waals surface area (Å²) in [6, 6.07) is 6.12. The Morgan fingerprint density at radius 2 is 2.06 bits per heavy atom. The summed E-state index contributed by atoms with van der Waals surface area (Å²) in [6.07, 6.45) is 0.996. The summed E-state index contributed by atoms with van der Waals surface area (Å²) in [6.45, 7) is 6.48. The summed E-state index contributed by atoms with van der Waals surface area (Å²) < 4.78 is 5.55. The molecule has 4 heteroatoms. The van der Waals surface area contributed by atoms with Crippen molar-refractivity contribution in [2.45, 2.75) is 32.9 Å². The zero-order valence-corrected chi connectivity index (χ0v) is 11.8. The second-order valence-corrected chi connectivity index (χ2v) is 5.01. The summed E-state index contributed by atoms with van der Waals surface area (Å²) in [5.41, 5.74) is 0.941. The van der Waals surface area contributed by atoms with Crippen LogP contribution in [0.4, 0.5) is 0 Å². The molecule has 0 aliphatic rings. The van der Waals surface area contributed by atoms with Crippen LogP contribution in [-0.4, -0.2) is 19.2 Å². The maximum absolute atomic E-state index is 6.05. The molecule has 96 valence electrons. The van der Waals surface area contributed by atoms with Gasteiger partial charge in [0.2, 0.25) is 0 Å². The van der Waals surface area contributed by atoms with Crippen LogP contribution in [-0.2, 0) is 11.3 Å². The van der Waals surface area contributed by atoms with Crippen LogP contribution in [0.25, 0.3) is 0 Å². The van der Waals surface area contributed by atoms with E-state index in [2.05, 4.69) is 19.2 Å². The van der Waals surface area contributed by atoms with Gasteiger partial charge in [-0.2, -0.15) is 0 Å². The number of hydrogen-bond donors (Lipinski definition) is 1. The van der Waals surface area contributed by atoms with Crippen molar-refractivity contribution in [3.8, 4) is 0 Å². The Bertz CT molecular complexity index is 342. The summed E-state index contributed by atoms with van der Waals surface area (Å²) >= 11 is 12.0. The number of rotatable bonds is 7. The standard InChI is InChI=1S/C13H19Cl2NO/c1-10(2)16-7-4-8-17-9-11-5-3-6-12(14)13(11)15/h3,5-6,10,16H,4,7-9H2,1-2H3. The topological polar surface area (TPSA) is 21.3 Å². The molecule has 0 aliphatic heterocycles. The van der Waals surface area contributed by atoms with Gasteiger partial charge in [0.1, 0.15) is 0 Å². The average molecular weight is 276 g/mol. The molecular formula is C13H19Cl2NO. The SMILES string of the molecule is CC(C)NCCCOCc1cccc(Cl)c1Cl. The molecule has 0 aliphatic carbocycles. The van der Waals surface area contributed by atoms with E-state index in [-0.39, 0.29) is 0 Å². The van der Waals surface area contributed by atoms with Crippen molar-refractivity contribution in [3.05, 3.63) is 33.8 Å². The van der Waals surface area contributed by atoms with E-state index in [1.165, 1.54) is 0 Å². The third-order valence-corrected chi connectivity index (χ3v) is 3.17. The zero-order valence-electron chi connectivity index (χ0n) is 10.3. The maximum atomic E-state index is 6.05. The number of hydrogen-bond acceptors (Lipinski definition) is 2. The molecule has 0 bridgehead atoms. The Morgan fingerprint density at radius 3 is 2.76 bits per heavy atom. The number of halogens is 2. The molecule has 2 nitrogen and oxygen atoms in total. The molecule has 0 fully saturated rings. The molecule has 1 N–H and O–H groups in total. The van der Waals surface area contributed by atoms with Crippen LogP contribution in [0.15, 0.2) is 18.2 Å². The van der Waals surface area contributed by atoms with E-state index in [0.29, 0.717) is 22.7 Å². The molecule has 0 unspecified atom stereocenters. The van der Waals surface area contributed by atoms with Crippen LogP contribution in [0.1, 0.15) is 25.8 Å². The Kier molecular flexibility index (Phi) is 6.90. The van der Waals surface area contributed by atoms with Crippen molar-refractivity contribution in [1.29, 1.82) is 0 Å². The quantitative estimate of drug-likeness (QED) is 0.763. The van der Waals surface area contributed by atoms with Crippen LogP contribution in [0.2, 0.25) is 10.0 Å². The number of ether oxygens (including phenoxy) is 1. The van der Waals surface area contributed by atoms with Crippen LogP contribution in [0, 0.1) is 0 Å². The first-order chi connectivity index (χ1) is 8.11. The normalized spacial score (nSPS) is 11.1. The highest BCUT2D eigenvalue weighted by atomic mass is 35.5. The lowest BCUT2D eigenvalue weighted by molar-refractivity contribution is 0.118. The number of nitrogens with one attached hydrogen (secondary N) is 1. The molecule has 0 saturated heterocycles. The lowest BCUT2D eigenvalue weighted by Gasteiger charge is -2.09. The predicted molar refractivity (Wildman–Crippen MR) is 73.9 cm³/mol. The molecule has 0 aromatic heterocycles. The van der Waals surface area contributed by atoms with Crippen molar-refractivity contribution >= 4 is 23.2 Å². The van der Waals surface area contributed by atoms with E-state index in [9.17, 15) is 0 Å². The van der Waals surface area contributed by atoms with Gasteiger partial charge in [0.25, 0.3) is 0 Å². The second-order valence-electron chi connectivity index (χ2n) is 4.23. The fraction of sp³-hybridized carbons (Fsp3) is 0.538. The first-order valence-corrected chi connectivity index (χ1v) is 6.61. The van der Waals surface area contributed by atoms with Crippen molar-refractivity contribution in [2.24, 2.45) is 0 Å². The van der Waals surface area contributed by atoms with Gasteiger partial charge in [0.05, 0.1) is 16.7 Å². The van der Waals surface area contributed by atoms with Crippen LogP contribution < -0.4 is 5.32 Å². The Morgan fingerprint density at radius 1 is 1.29 bits per heavy atom. The van der Waals surface area contributed by atoms with Gasteiger partial charge in [0.15, 0.2) is 0 Å². The summed E-state index contributed by atoms with van der Waals surface area (Å²) in [5.74, 6) is 0. The van der Waals surface area contributed by atoms with Crippen LogP contribution in [0.3, 0.4) is 0 Å². The minimum absolute atomic E-state index is 0.515. The van der Waals surface area contributed by atoms with E-state index >= 15 is 0 Å². The average Bonchev–Trinajstić information content (AvgIpc) is 2.28. The zero-order chi connectivity index (χ0) is 12.7. The van der Waals surface area contributed by atoms with Crippen LogP contribution in [0.5, 0.6) is 0 Å². The maximum Gasteiger partial charge on any atom is 0.0731 e. The van der Waals surface area contributed by atoms with Gasteiger partial charge in [-0.1, -0.05) is 49.2 Å². The minimum atomic E-state index is 0.515. The van der Waals surface area contributed by atoms with Gasteiger partial charge >= 0.3 is 0 Å². The highest BCUT2D eigenvalue weighted by Gasteiger charge is 2.03. The van der Waals surface area contributed by atoms with Crippen molar-refractivity contribution < 1.29 is 4.74 Å². The first-order valence-electron chi connectivity index (χ1n) is 5.85. The van der Waals surface area contributed by atoms with Crippen molar-refractivity contribution in [1.82, 2.24) is 5.32 Å². The minimum Gasteiger partial charge on any atom is -0.377 e. The fourth-order valence-corrected chi connectivity index (χ4v) is 1.78. The Balaban J connectivity index is 2.20. The van der Waals surface area contributed by atoms with E-state index in [0.717, 1.165) is 25.1 Å². The van der Waals surface area contributed by atoms with Gasteiger partial charge in [0, 0.05) is 12.6 Å². The smallest absolute Gasteiger partial charge is 0.0731 e. The van der Waals surface area contributed by atoms with Gasteiger partial charge < -0.3 is 10.1 Å². The lowest BCUT2D eigenvalue weighted by atomic mass is 10.2. The van der Waals surface area contributed by atoms with Crippen molar-refractivity contribution in [3.63, 3.8) is 0 Å². The van der Waals surface area contributed by atoms with E-state index in [4.69, 9.17) is 27.9 Å². The number of benzene rings is 1. The van der Waals surface area contributed by atoms with E-state index < -0.39 is 0 Å². The summed E-state index contributed by atoms with van der Waals surface area (Å²) in [4.78, 5) is 0. The Labute approximate surface area is 113 Å². The molecular weight excluding hydrogens is 257 g/mol. The third kappa shape index (κ3) is 5.73. The van der Waals surface area contributed by atoms with Crippen molar-refractivity contribution in [2.75, 3.05) is 13.2 Å². The molecule has 0 spiro atoms. The highest BCUT2D eigenvalue weighted by molar-refractivity contribution is 6.42. The molecule has 0 radical (unpaired) electrons. The van der Waals surface area contributed by atoms with Gasteiger partial charge in [-0.05, 0) is 24.6 Å². The molecule has 0 saturated carbocycles. The molecule has 1 rings (SSSR count). The molecule has 0 atom stereocenters. The fourth-order valence-electron chi connectivity index (χ4n) is 1.41. The van der Waals surface area contributed by atoms with E-state index in [1.807, 2.05) is 12.1 Å². The molecule has 0 heterocycles.